The van der Waals surface area contributed by atoms with E-state index in [0.717, 1.165) is 44.6 Å². The molecule has 3 heteroatoms. The van der Waals surface area contributed by atoms with Crippen LogP contribution in [0.15, 0.2) is 18.2 Å². The molecule has 1 aromatic rings. The van der Waals surface area contributed by atoms with Gasteiger partial charge in [-0.1, -0.05) is 19.1 Å². The number of hydrogen-bond donors (Lipinski definition) is 1. The van der Waals surface area contributed by atoms with Crippen LogP contribution in [0.1, 0.15) is 37.3 Å². The number of carbonyl (C=O) groups excluding carboxylic acids is 1. The van der Waals surface area contributed by atoms with E-state index in [2.05, 4.69) is 30.1 Å². The highest BCUT2D eigenvalue weighted by molar-refractivity contribution is 6.07. The van der Waals surface area contributed by atoms with Gasteiger partial charge in [0.2, 0.25) is 5.91 Å². The van der Waals surface area contributed by atoms with Crippen LogP contribution in [0.4, 0.5) is 5.69 Å². The first-order chi connectivity index (χ1) is 9.17. The average Bonchev–Trinajstić information content (AvgIpc) is 2.64. The average molecular weight is 258 g/mol. The van der Waals surface area contributed by atoms with Crippen molar-refractivity contribution in [1.82, 2.24) is 4.90 Å². The smallest absolute Gasteiger partial charge is 0.236 e. The Hall–Kier alpha value is -1.35. The molecule has 0 saturated carbocycles. The molecule has 3 rings (SSSR count). The summed E-state index contributed by atoms with van der Waals surface area (Å²) in [5.74, 6) is 0.206. The van der Waals surface area contributed by atoms with Gasteiger partial charge in [0.05, 0.1) is 5.41 Å². The van der Waals surface area contributed by atoms with Crippen molar-refractivity contribution in [1.29, 1.82) is 0 Å². The van der Waals surface area contributed by atoms with Crippen molar-refractivity contribution in [2.75, 3.05) is 25.0 Å². The number of piperidine rings is 1. The number of fused-ring (bicyclic) bond motifs is 2. The van der Waals surface area contributed by atoms with E-state index in [1.807, 2.05) is 12.1 Å². The summed E-state index contributed by atoms with van der Waals surface area (Å²) in [6.07, 6.45) is 3.25. The lowest BCUT2D eigenvalue weighted by molar-refractivity contribution is -0.122. The van der Waals surface area contributed by atoms with E-state index >= 15 is 0 Å². The second-order valence-corrected chi connectivity index (χ2v) is 5.91. The maximum atomic E-state index is 12.6. The molecule has 0 aliphatic carbocycles. The molecule has 1 spiro atoms. The number of hydrogen-bond acceptors (Lipinski definition) is 2. The molecular formula is C16H22N2O. The zero-order valence-electron chi connectivity index (χ0n) is 11.8. The summed E-state index contributed by atoms with van der Waals surface area (Å²) in [4.78, 5) is 15.0. The van der Waals surface area contributed by atoms with Crippen molar-refractivity contribution in [3.05, 3.63) is 29.3 Å². The highest BCUT2D eigenvalue weighted by atomic mass is 16.2. The molecular weight excluding hydrogens is 236 g/mol. The van der Waals surface area contributed by atoms with Gasteiger partial charge in [-0.15, -0.1) is 0 Å². The molecule has 0 bridgehead atoms. The van der Waals surface area contributed by atoms with Gasteiger partial charge in [0.15, 0.2) is 0 Å². The SMILES string of the molecule is CCCN1CCC[C@@]2(C1)C(=O)Nc1cccc(C)c12. The highest BCUT2D eigenvalue weighted by Crippen LogP contribution is 2.45. The molecule has 1 atom stereocenters. The van der Waals surface area contributed by atoms with Crippen molar-refractivity contribution in [2.24, 2.45) is 0 Å². The van der Waals surface area contributed by atoms with E-state index in [0.29, 0.717) is 0 Å². The lowest BCUT2D eigenvalue weighted by Gasteiger charge is -2.39. The van der Waals surface area contributed by atoms with Gasteiger partial charge in [-0.2, -0.15) is 0 Å². The van der Waals surface area contributed by atoms with E-state index in [9.17, 15) is 4.79 Å². The van der Waals surface area contributed by atoms with Gasteiger partial charge < -0.3 is 10.2 Å². The first-order valence-electron chi connectivity index (χ1n) is 7.31. The first kappa shape index (κ1) is 12.7. The molecule has 3 nitrogen and oxygen atoms in total. The zero-order chi connectivity index (χ0) is 13.5. The Morgan fingerprint density at radius 2 is 2.26 bits per heavy atom. The van der Waals surface area contributed by atoms with Crippen molar-refractivity contribution in [3.8, 4) is 0 Å². The van der Waals surface area contributed by atoms with Crippen LogP contribution in [0.5, 0.6) is 0 Å². The lowest BCUT2D eigenvalue weighted by atomic mass is 9.73. The summed E-state index contributed by atoms with van der Waals surface area (Å²) in [7, 11) is 0. The van der Waals surface area contributed by atoms with Gasteiger partial charge in [0.25, 0.3) is 0 Å². The maximum Gasteiger partial charge on any atom is 0.236 e. The predicted molar refractivity (Wildman–Crippen MR) is 77.5 cm³/mol. The Morgan fingerprint density at radius 1 is 1.42 bits per heavy atom. The predicted octanol–water partition coefficient (Wildman–Crippen LogP) is 2.69. The molecule has 2 heterocycles. The number of carbonyl (C=O) groups is 1. The van der Waals surface area contributed by atoms with Gasteiger partial charge in [-0.05, 0) is 56.5 Å². The summed E-state index contributed by atoms with van der Waals surface area (Å²) in [5, 5.41) is 3.10. The number of amides is 1. The second-order valence-electron chi connectivity index (χ2n) is 5.91. The molecule has 0 unspecified atom stereocenters. The Labute approximate surface area is 115 Å². The van der Waals surface area contributed by atoms with Crippen LogP contribution >= 0.6 is 0 Å². The third-order valence-electron chi connectivity index (χ3n) is 4.55. The Kier molecular flexibility index (Phi) is 3.09. The second kappa shape index (κ2) is 4.64. The van der Waals surface area contributed by atoms with Gasteiger partial charge in [-0.25, -0.2) is 0 Å². The third kappa shape index (κ3) is 1.88. The summed E-state index contributed by atoms with van der Waals surface area (Å²) in [6, 6.07) is 6.19. The number of anilines is 1. The molecule has 1 amide bonds. The molecule has 2 aliphatic heterocycles. The third-order valence-corrected chi connectivity index (χ3v) is 4.55. The summed E-state index contributed by atoms with van der Waals surface area (Å²) in [6.45, 7) is 7.43. The highest BCUT2D eigenvalue weighted by Gasteiger charge is 2.49. The van der Waals surface area contributed by atoms with Crippen LogP contribution in [0.2, 0.25) is 0 Å². The Balaban J connectivity index is 2.02. The van der Waals surface area contributed by atoms with Crippen LogP contribution in [0.25, 0.3) is 0 Å². The summed E-state index contributed by atoms with van der Waals surface area (Å²) in [5.41, 5.74) is 3.23. The molecule has 1 aromatic carbocycles. The molecule has 2 aliphatic rings. The van der Waals surface area contributed by atoms with Gasteiger partial charge in [0.1, 0.15) is 0 Å². The number of benzene rings is 1. The van der Waals surface area contributed by atoms with Gasteiger partial charge >= 0.3 is 0 Å². The summed E-state index contributed by atoms with van der Waals surface area (Å²) < 4.78 is 0. The fraction of sp³-hybridized carbons (Fsp3) is 0.562. The summed E-state index contributed by atoms with van der Waals surface area (Å²) >= 11 is 0. The van der Waals surface area contributed by atoms with E-state index in [1.54, 1.807) is 0 Å². The first-order valence-corrected chi connectivity index (χ1v) is 7.31. The van der Waals surface area contributed by atoms with Crippen molar-refractivity contribution in [2.45, 2.75) is 38.5 Å². The maximum absolute atomic E-state index is 12.6. The number of likely N-dealkylation sites (tertiary alicyclic amines) is 1. The fourth-order valence-corrected chi connectivity index (χ4v) is 3.80. The van der Waals surface area contributed by atoms with Crippen LogP contribution < -0.4 is 5.32 Å². The van der Waals surface area contributed by atoms with E-state index in [1.165, 1.54) is 11.1 Å². The minimum Gasteiger partial charge on any atom is -0.325 e. The topological polar surface area (TPSA) is 32.3 Å². The Bertz CT molecular complexity index is 509. The number of aryl methyl sites for hydroxylation is 1. The largest absolute Gasteiger partial charge is 0.325 e. The van der Waals surface area contributed by atoms with Crippen molar-refractivity contribution < 1.29 is 4.79 Å². The standard InChI is InChI=1S/C16H22N2O/c1-3-9-18-10-5-8-16(11-18)14-12(2)6-4-7-13(14)17-15(16)19/h4,6-7H,3,5,8-11H2,1-2H3,(H,17,19)/t16-/m0/s1. The molecule has 1 N–H and O–H groups in total. The van der Waals surface area contributed by atoms with Crippen molar-refractivity contribution in [3.63, 3.8) is 0 Å². The molecule has 1 fully saturated rings. The lowest BCUT2D eigenvalue weighted by Crippen LogP contribution is -2.50. The van der Waals surface area contributed by atoms with E-state index < -0.39 is 0 Å². The molecule has 102 valence electrons. The van der Waals surface area contributed by atoms with Gasteiger partial charge in [0, 0.05) is 12.2 Å². The fourth-order valence-electron chi connectivity index (χ4n) is 3.80. The normalized spacial score (nSPS) is 26.5. The van der Waals surface area contributed by atoms with Crippen LogP contribution in [-0.2, 0) is 10.2 Å². The van der Waals surface area contributed by atoms with Crippen molar-refractivity contribution >= 4 is 11.6 Å². The van der Waals surface area contributed by atoms with Gasteiger partial charge in [-0.3, -0.25) is 4.79 Å². The monoisotopic (exact) mass is 258 g/mol. The van der Waals surface area contributed by atoms with E-state index in [-0.39, 0.29) is 11.3 Å². The van der Waals surface area contributed by atoms with Crippen LogP contribution in [-0.4, -0.2) is 30.4 Å². The molecule has 0 radical (unpaired) electrons. The number of rotatable bonds is 2. The number of nitrogens with one attached hydrogen (secondary N) is 1. The molecule has 0 aromatic heterocycles. The minimum atomic E-state index is -0.298. The quantitative estimate of drug-likeness (QED) is 0.884. The number of nitrogens with zero attached hydrogens (tertiary/aromatic N) is 1. The van der Waals surface area contributed by atoms with E-state index in [4.69, 9.17) is 0 Å². The Morgan fingerprint density at radius 3 is 3.05 bits per heavy atom. The molecule has 1 saturated heterocycles. The minimum absolute atomic E-state index is 0.206. The van der Waals surface area contributed by atoms with Crippen LogP contribution in [0, 0.1) is 6.92 Å². The zero-order valence-corrected chi connectivity index (χ0v) is 11.8. The van der Waals surface area contributed by atoms with Crippen LogP contribution in [0.3, 0.4) is 0 Å². The molecule has 19 heavy (non-hydrogen) atoms.